The molecule has 0 atom stereocenters. The van der Waals surface area contributed by atoms with Gasteiger partial charge in [0.1, 0.15) is 0 Å². The van der Waals surface area contributed by atoms with E-state index in [2.05, 4.69) is 24.0 Å². The van der Waals surface area contributed by atoms with Crippen LogP contribution in [0.3, 0.4) is 0 Å². The molecule has 0 aliphatic carbocycles. The van der Waals surface area contributed by atoms with Crippen LogP contribution < -0.4 is 5.84 Å². The zero-order valence-electron chi connectivity index (χ0n) is 9.36. The van der Waals surface area contributed by atoms with Crippen molar-refractivity contribution >= 4 is 21.9 Å². The molecule has 3 nitrogen and oxygen atoms in total. The number of nitrogen functional groups attached to an aromatic ring is 1. The van der Waals surface area contributed by atoms with Gasteiger partial charge in [-0.25, -0.2) is 0 Å². The molecule has 2 N–H and O–H groups in total. The highest BCUT2D eigenvalue weighted by molar-refractivity contribution is 6.06. The van der Waals surface area contributed by atoms with Crippen LogP contribution in [0.4, 0.5) is 0 Å². The molecule has 0 aliphatic heterocycles. The summed E-state index contributed by atoms with van der Waals surface area (Å²) in [5.74, 6) is 6.10. The Hall–Kier alpha value is -2.03. The molecular weight excluding hydrogens is 198 g/mol. The Morgan fingerprint density at radius 1 is 1.12 bits per heavy atom. The van der Waals surface area contributed by atoms with Gasteiger partial charge in [0.15, 0.2) is 0 Å². The molecule has 0 radical (unpaired) electrons. The number of pyridine rings is 1. The first-order chi connectivity index (χ1) is 7.68. The minimum absolute atomic E-state index is 0.981. The molecule has 2 heterocycles. The van der Waals surface area contributed by atoms with Crippen LogP contribution in [0.15, 0.2) is 30.3 Å². The van der Waals surface area contributed by atoms with Gasteiger partial charge in [-0.2, -0.15) is 0 Å². The Morgan fingerprint density at radius 2 is 1.94 bits per heavy atom. The van der Waals surface area contributed by atoms with E-state index >= 15 is 0 Å². The molecule has 0 saturated carbocycles. The molecule has 3 rings (SSSR count). The average Bonchev–Trinajstić information content (AvgIpc) is 2.54. The molecule has 3 aromatic rings. The van der Waals surface area contributed by atoms with Crippen molar-refractivity contribution in [3.63, 3.8) is 0 Å². The normalized spacial score (nSPS) is 11.4. The fraction of sp³-hybridized carbons (Fsp3) is 0.154. The average molecular weight is 211 g/mol. The summed E-state index contributed by atoms with van der Waals surface area (Å²) in [5.41, 5.74) is 5.23. The van der Waals surface area contributed by atoms with E-state index in [0.29, 0.717) is 0 Å². The molecule has 1 aromatic carbocycles. The molecule has 0 saturated heterocycles. The van der Waals surface area contributed by atoms with Crippen LogP contribution in [0.25, 0.3) is 21.9 Å². The minimum atomic E-state index is 0.981. The second-order valence-electron chi connectivity index (χ2n) is 4.16. The van der Waals surface area contributed by atoms with Crippen LogP contribution in [-0.4, -0.2) is 9.66 Å². The van der Waals surface area contributed by atoms with Gasteiger partial charge >= 0.3 is 0 Å². The van der Waals surface area contributed by atoms with Gasteiger partial charge in [0, 0.05) is 11.1 Å². The predicted molar refractivity (Wildman–Crippen MR) is 66.9 cm³/mol. The number of aromatic nitrogens is 2. The molecule has 0 amide bonds. The van der Waals surface area contributed by atoms with Gasteiger partial charge in [-0.1, -0.05) is 18.2 Å². The molecular formula is C13H13N3. The first kappa shape index (κ1) is 9.21. The Kier molecular flexibility index (Phi) is 1.72. The van der Waals surface area contributed by atoms with Gasteiger partial charge in [0.05, 0.1) is 16.6 Å². The highest BCUT2D eigenvalue weighted by Crippen LogP contribution is 2.27. The second kappa shape index (κ2) is 2.98. The predicted octanol–water partition coefficient (Wildman–Crippen LogP) is 2.52. The molecule has 3 heteroatoms. The highest BCUT2D eigenvalue weighted by atomic mass is 15.3. The summed E-state index contributed by atoms with van der Waals surface area (Å²) >= 11 is 0. The fourth-order valence-electron chi connectivity index (χ4n) is 2.23. The SMILES string of the molecule is Cc1ccc2c(n1)c1cccc(C)c1n2N. The van der Waals surface area contributed by atoms with E-state index in [0.717, 1.165) is 27.6 Å². The molecule has 0 unspecified atom stereocenters. The maximum Gasteiger partial charge on any atom is 0.0983 e. The van der Waals surface area contributed by atoms with Crippen molar-refractivity contribution in [1.82, 2.24) is 9.66 Å². The van der Waals surface area contributed by atoms with Crippen molar-refractivity contribution in [3.05, 3.63) is 41.6 Å². The topological polar surface area (TPSA) is 43.8 Å². The lowest BCUT2D eigenvalue weighted by Gasteiger charge is -2.00. The smallest absolute Gasteiger partial charge is 0.0983 e. The summed E-state index contributed by atoms with van der Waals surface area (Å²) in [6.45, 7) is 4.06. The van der Waals surface area contributed by atoms with E-state index in [1.54, 1.807) is 4.68 Å². The van der Waals surface area contributed by atoms with Gasteiger partial charge in [0.2, 0.25) is 0 Å². The third kappa shape index (κ3) is 1.05. The van der Waals surface area contributed by atoms with Gasteiger partial charge < -0.3 is 5.84 Å². The Labute approximate surface area is 93.5 Å². The third-order valence-electron chi connectivity index (χ3n) is 3.01. The number of fused-ring (bicyclic) bond motifs is 3. The van der Waals surface area contributed by atoms with Crippen molar-refractivity contribution in [2.75, 3.05) is 5.84 Å². The Morgan fingerprint density at radius 3 is 2.75 bits per heavy atom. The van der Waals surface area contributed by atoms with Gasteiger partial charge in [-0.3, -0.25) is 9.66 Å². The highest BCUT2D eigenvalue weighted by Gasteiger charge is 2.11. The molecule has 80 valence electrons. The number of hydrogen-bond donors (Lipinski definition) is 1. The van der Waals surface area contributed by atoms with E-state index in [9.17, 15) is 0 Å². The van der Waals surface area contributed by atoms with Crippen LogP contribution in [0.2, 0.25) is 0 Å². The summed E-state index contributed by atoms with van der Waals surface area (Å²) in [4.78, 5) is 4.56. The third-order valence-corrected chi connectivity index (χ3v) is 3.01. The zero-order valence-corrected chi connectivity index (χ0v) is 9.36. The van der Waals surface area contributed by atoms with Crippen LogP contribution in [0, 0.1) is 13.8 Å². The molecule has 2 aromatic heterocycles. The first-order valence-corrected chi connectivity index (χ1v) is 5.31. The number of nitrogens with two attached hydrogens (primary N) is 1. The molecule has 0 fully saturated rings. The molecule has 0 bridgehead atoms. The summed E-state index contributed by atoms with van der Waals surface area (Å²) in [5, 5.41) is 1.13. The number of aryl methyl sites for hydroxylation is 2. The zero-order chi connectivity index (χ0) is 11.3. The lowest BCUT2D eigenvalue weighted by atomic mass is 10.1. The van der Waals surface area contributed by atoms with E-state index in [-0.39, 0.29) is 0 Å². The maximum atomic E-state index is 6.10. The molecule has 0 aliphatic rings. The summed E-state index contributed by atoms with van der Waals surface area (Å²) in [6, 6.07) is 10.2. The number of rotatable bonds is 0. The first-order valence-electron chi connectivity index (χ1n) is 5.31. The number of nitrogens with zero attached hydrogens (tertiary/aromatic N) is 2. The number of benzene rings is 1. The van der Waals surface area contributed by atoms with Crippen molar-refractivity contribution in [3.8, 4) is 0 Å². The molecule has 0 spiro atoms. The van der Waals surface area contributed by atoms with Gasteiger partial charge in [0.25, 0.3) is 0 Å². The van der Waals surface area contributed by atoms with Crippen LogP contribution >= 0.6 is 0 Å². The van der Waals surface area contributed by atoms with Gasteiger partial charge in [-0.05, 0) is 31.5 Å². The van der Waals surface area contributed by atoms with Crippen LogP contribution in [-0.2, 0) is 0 Å². The standard InChI is InChI=1S/C13H13N3/c1-8-4-3-5-10-12-11(16(14)13(8)10)7-6-9(2)15-12/h3-7H,14H2,1-2H3. The Bertz CT molecular complexity index is 695. The van der Waals surface area contributed by atoms with E-state index in [1.807, 2.05) is 25.1 Å². The van der Waals surface area contributed by atoms with E-state index < -0.39 is 0 Å². The van der Waals surface area contributed by atoms with E-state index in [4.69, 9.17) is 5.84 Å². The quantitative estimate of drug-likeness (QED) is 0.581. The lowest BCUT2D eigenvalue weighted by Crippen LogP contribution is -2.07. The Balaban J connectivity index is 2.65. The van der Waals surface area contributed by atoms with Crippen molar-refractivity contribution < 1.29 is 0 Å². The van der Waals surface area contributed by atoms with Gasteiger partial charge in [-0.15, -0.1) is 0 Å². The number of para-hydroxylation sites is 1. The summed E-state index contributed by atoms with van der Waals surface area (Å²) < 4.78 is 1.73. The van der Waals surface area contributed by atoms with Crippen molar-refractivity contribution in [1.29, 1.82) is 0 Å². The summed E-state index contributed by atoms with van der Waals surface area (Å²) in [7, 11) is 0. The largest absolute Gasteiger partial charge is 0.338 e. The maximum absolute atomic E-state index is 6.10. The van der Waals surface area contributed by atoms with E-state index in [1.165, 1.54) is 5.56 Å². The van der Waals surface area contributed by atoms with Crippen LogP contribution in [0.1, 0.15) is 11.3 Å². The fourth-order valence-corrected chi connectivity index (χ4v) is 2.23. The minimum Gasteiger partial charge on any atom is -0.338 e. The van der Waals surface area contributed by atoms with Crippen molar-refractivity contribution in [2.45, 2.75) is 13.8 Å². The van der Waals surface area contributed by atoms with Crippen LogP contribution in [0.5, 0.6) is 0 Å². The second-order valence-corrected chi connectivity index (χ2v) is 4.16. The van der Waals surface area contributed by atoms with Crippen molar-refractivity contribution in [2.24, 2.45) is 0 Å². The number of hydrogen-bond acceptors (Lipinski definition) is 2. The molecule has 16 heavy (non-hydrogen) atoms. The lowest BCUT2D eigenvalue weighted by molar-refractivity contribution is 1.10. The summed E-state index contributed by atoms with van der Waals surface area (Å²) in [6.07, 6.45) is 0. The monoisotopic (exact) mass is 211 g/mol.